The third-order valence-corrected chi connectivity index (χ3v) is 3.79. The summed E-state index contributed by atoms with van der Waals surface area (Å²) in [5, 5.41) is 4.93. The van der Waals surface area contributed by atoms with Gasteiger partial charge in [-0.15, -0.1) is 0 Å². The monoisotopic (exact) mass is 234 g/mol. The predicted molar refractivity (Wildman–Crippen MR) is 47.4 cm³/mol. The first-order valence-electron chi connectivity index (χ1n) is 4.43. The van der Waals surface area contributed by atoms with Gasteiger partial charge >= 0.3 is 11.9 Å². The van der Waals surface area contributed by atoms with Crippen LogP contribution in [0, 0.1) is 11.8 Å². The summed E-state index contributed by atoms with van der Waals surface area (Å²) >= 11 is 0. The summed E-state index contributed by atoms with van der Waals surface area (Å²) in [6, 6.07) is 0. The smallest absolute Gasteiger partial charge is 0.318 e. The molecule has 0 amide bonds. The molecule has 0 spiro atoms. The lowest BCUT2D eigenvalue weighted by atomic mass is 9.89. The number of ether oxygens (including phenoxy) is 1. The summed E-state index contributed by atoms with van der Waals surface area (Å²) in [4.78, 5) is 22.3. The molecular weight excluding hydrogens is 224 g/mol. The van der Waals surface area contributed by atoms with Gasteiger partial charge in [0.05, 0.1) is 11.8 Å². The van der Waals surface area contributed by atoms with Crippen LogP contribution in [-0.4, -0.2) is 37.8 Å². The molecule has 2 fully saturated rings. The number of carbonyl (C=O) groups excluding carboxylic acids is 2. The van der Waals surface area contributed by atoms with Crippen LogP contribution in [0.1, 0.15) is 6.42 Å². The summed E-state index contributed by atoms with van der Waals surface area (Å²) in [6.07, 6.45) is 0.283. The molecule has 2 N–H and O–H groups in total. The molecule has 0 radical (unpaired) electrons. The van der Waals surface area contributed by atoms with Gasteiger partial charge in [0.1, 0.15) is 0 Å². The molecular formula is C7H10N2O5S. The minimum atomic E-state index is -3.79. The van der Waals surface area contributed by atoms with Crippen molar-refractivity contribution >= 4 is 22.1 Å². The maximum absolute atomic E-state index is 11.2. The number of esters is 2. The third kappa shape index (κ3) is 1.75. The van der Waals surface area contributed by atoms with Crippen LogP contribution in [0.3, 0.4) is 0 Å². The number of nitrogens with two attached hydrogens (primary N) is 1. The Balaban J connectivity index is 2.19. The fraction of sp³-hybridized carbons (Fsp3) is 0.714. The van der Waals surface area contributed by atoms with E-state index in [4.69, 9.17) is 5.14 Å². The van der Waals surface area contributed by atoms with Gasteiger partial charge in [-0.1, -0.05) is 0 Å². The van der Waals surface area contributed by atoms with E-state index in [-0.39, 0.29) is 19.5 Å². The molecule has 2 atom stereocenters. The maximum atomic E-state index is 11.2. The number of nitrogens with zero attached hydrogens (tertiary/aromatic N) is 1. The van der Waals surface area contributed by atoms with Crippen LogP contribution >= 0.6 is 0 Å². The lowest BCUT2D eigenvalue weighted by Crippen LogP contribution is -2.47. The molecule has 0 bridgehead atoms. The largest absolute Gasteiger partial charge is 0.393 e. The molecule has 15 heavy (non-hydrogen) atoms. The molecule has 0 aromatic heterocycles. The van der Waals surface area contributed by atoms with Crippen molar-refractivity contribution in [3.8, 4) is 0 Å². The Hall–Kier alpha value is -0.990. The third-order valence-electron chi connectivity index (χ3n) is 2.74. The Bertz CT molecular complexity index is 417. The van der Waals surface area contributed by atoms with Crippen molar-refractivity contribution in [2.45, 2.75) is 6.42 Å². The normalized spacial score (nSPS) is 32.6. The second kappa shape index (κ2) is 3.26. The quantitative estimate of drug-likeness (QED) is 0.426. The summed E-state index contributed by atoms with van der Waals surface area (Å²) in [5.41, 5.74) is 0. The first-order valence-corrected chi connectivity index (χ1v) is 5.93. The SMILES string of the molecule is NS(=O)(=O)N1CCC2C(=O)OC(=O)C2C1. The van der Waals surface area contributed by atoms with E-state index in [9.17, 15) is 18.0 Å². The van der Waals surface area contributed by atoms with E-state index in [1.54, 1.807) is 0 Å². The zero-order valence-electron chi connectivity index (χ0n) is 7.75. The van der Waals surface area contributed by atoms with Gasteiger partial charge in [0.15, 0.2) is 0 Å². The molecule has 2 saturated heterocycles. The highest BCUT2D eigenvalue weighted by molar-refractivity contribution is 7.86. The molecule has 0 aromatic carbocycles. The Morgan fingerprint density at radius 1 is 1.27 bits per heavy atom. The second-order valence-electron chi connectivity index (χ2n) is 3.64. The molecule has 2 aliphatic heterocycles. The average molecular weight is 234 g/mol. The zero-order chi connectivity index (χ0) is 11.2. The molecule has 7 nitrogen and oxygen atoms in total. The highest BCUT2D eigenvalue weighted by Crippen LogP contribution is 2.31. The topological polar surface area (TPSA) is 107 Å². The number of hydrogen-bond donors (Lipinski definition) is 1. The predicted octanol–water partition coefficient (Wildman–Crippen LogP) is -1.79. The van der Waals surface area contributed by atoms with Gasteiger partial charge in [0.25, 0.3) is 10.2 Å². The van der Waals surface area contributed by atoms with E-state index in [1.807, 2.05) is 0 Å². The molecule has 8 heteroatoms. The number of carbonyl (C=O) groups is 2. The van der Waals surface area contributed by atoms with Crippen molar-refractivity contribution in [2.75, 3.05) is 13.1 Å². The maximum Gasteiger partial charge on any atom is 0.318 e. The van der Waals surface area contributed by atoms with Crippen molar-refractivity contribution in [3.63, 3.8) is 0 Å². The van der Waals surface area contributed by atoms with Crippen molar-refractivity contribution in [3.05, 3.63) is 0 Å². The molecule has 2 heterocycles. The number of hydrogen-bond acceptors (Lipinski definition) is 5. The van der Waals surface area contributed by atoms with Crippen LogP contribution < -0.4 is 5.14 Å². The highest BCUT2D eigenvalue weighted by atomic mass is 32.2. The minimum absolute atomic E-state index is 0.0614. The summed E-state index contributed by atoms with van der Waals surface area (Å²) in [5.74, 6) is -2.41. The highest BCUT2D eigenvalue weighted by Gasteiger charge is 2.48. The first kappa shape index (κ1) is 10.5. The van der Waals surface area contributed by atoms with Gasteiger partial charge < -0.3 is 4.74 Å². The second-order valence-corrected chi connectivity index (χ2v) is 5.19. The molecule has 84 valence electrons. The van der Waals surface area contributed by atoms with E-state index in [0.717, 1.165) is 4.31 Å². The van der Waals surface area contributed by atoms with Crippen LogP contribution in [0.25, 0.3) is 0 Å². The summed E-state index contributed by atoms with van der Waals surface area (Å²) in [6.45, 7) is 0.0937. The fourth-order valence-electron chi connectivity index (χ4n) is 1.92. The standard InChI is InChI=1S/C7H10N2O5S/c8-15(12,13)9-2-1-4-5(3-9)7(11)14-6(4)10/h4-5H,1-3H2,(H2,8,12,13). The minimum Gasteiger partial charge on any atom is -0.393 e. The number of rotatable bonds is 1. The fourth-order valence-corrected chi connectivity index (χ4v) is 2.65. The van der Waals surface area contributed by atoms with Gasteiger partial charge in [0.2, 0.25) is 0 Å². The Labute approximate surface area is 86.3 Å². The van der Waals surface area contributed by atoms with Crippen LogP contribution in [-0.2, 0) is 24.5 Å². The Kier molecular flexibility index (Phi) is 2.28. The van der Waals surface area contributed by atoms with E-state index in [2.05, 4.69) is 4.74 Å². The lowest BCUT2D eigenvalue weighted by Gasteiger charge is -2.28. The molecule has 2 rings (SSSR count). The van der Waals surface area contributed by atoms with Crippen LogP contribution in [0.15, 0.2) is 0 Å². The van der Waals surface area contributed by atoms with Gasteiger partial charge in [0, 0.05) is 13.1 Å². The number of piperidine rings is 1. The lowest BCUT2D eigenvalue weighted by molar-refractivity contribution is -0.153. The van der Waals surface area contributed by atoms with Crippen LogP contribution in [0.2, 0.25) is 0 Å². The van der Waals surface area contributed by atoms with Crippen LogP contribution in [0.4, 0.5) is 0 Å². The van der Waals surface area contributed by atoms with Gasteiger partial charge in [-0.05, 0) is 6.42 Å². The first-order chi connectivity index (χ1) is 6.89. The van der Waals surface area contributed by atoms with Crippen molar-refractivity contribution in [2.24, 2.45) is 17.0 Å². The number of cyclic esters (lactones) is 2. The van der Waals surface area contributed by atoms with Gasteiger partial charge in [-0.25, -0.2) is 5.14 Å². The van der Waals surface area contributed by atoms with E-state index >= 15 is 0 Å². The summed E-state index contributed by atoms with van der Waals surface area (Å²) in [7, 11) is -3.79. The van der Waals surface area contributed by atoms with Crippen LogP contribution in [0.5, 0.6) is 0 Å². The zero-order valence-corrected chi connectivity index (χ0v) is 8.57. The molecule has 0 aromatic rings. The van der Waals surface area contributed by atoms with E-state index < -0.39 is 34.0 Å². The summed E-state index contributed by atoms with van der Waals surface area (Å²) < 4.78 is 27.5. The molecule has 0 aliphatic carbocycles. The van der Waals surface area contributed by atoms with Crippen molar-refractivity contribution in [1.29, 1.82) is 0 Å². The molecule has 2 aliphatic rings. The van der Waals surface area contributed by atoms with Gasteiger partial charge in [-0.2, -0.15) is 12.7 Å². The Morgan fingerprint density at radius 2 is 1.87 bits per heavy atom. The van der Waals surface area contributed by atoms with E-state index in [1.165, 1.54) is 0 Å². The molecule has 2 unspecified atom stereocenters. The van der Waals surface area contributed by atoms with E-state index in [0.29, 0.717) is 0 Å². The van der Waals surface area contributed by atoms with Gasteiger partial charge in [-0.3, -0.25) is 9.59 Å². The number of fused-ring (bicyclic) bond motifs is 1. The molecule has 0 saturated carbocycles. The Morgan fingerprint density at radius 3 is 2.47 bits per heavy atom. The average Bonchev–Trinajstić information content (AvgIpc) is 2.41. The van der Waals surface area contributed by atoms with Crippen molar-refractivity contribution in [1.82, 2.24) is 4.31 Å². The van der Waals surface area contributed by atoms with Crippen molar-refractivity contribution < 1.29 is 22.7 Å².